The minimum absolute atomic E-state index is 0.243. The smallest absolute Gasteiger partial charge is 0.327 e. The van der Waals surface area contributed by atoms with Crippen molar-refractivity contribution >= 4 is 11.8 Å². The fraction of sp³-hybridized carbons (Fsp3) is 0.500. The lowest BCUT2D eigenvalue weighted by Gasteiger charge is -2.27. The fourth-order valence-corrected chi connectivity index (χ4v) is 4.40. The van der Waals surface area contributed by atoms with Crippen LogP contribution in [-0.4, -0.2) is 75.7 Å². The molecular formula is C20H26N8O2. The van der Waals surface area contributed by atoms with E-state index in [1.807, 2.05) is 12.1 Å². The Kier molecular flexibility index (Phi) is 4.97. The lowest BCUT2D eigenvalue weighted by molar-refractivity contribution is 0.204. The van der Waals surface area contributed by atoms with Crippen LogP contribution in [0.2, 0.25) is 0 Å². The average Bonchev–Trinajstić information content (AvgIpc) is 3.16. The number of pyridine rings is 1. The fourth-order valence-electron chi connectivity index (χ4n) is 4.40. The molecule has 3 atom stereocenters. The Morgan fingerprint density at radius 2 is 1.97 bits per heavy atom. The van der Waals surface area contributed by atoms with Gasteiger partial charge in [0.2, 0.25) is 0 Å². The Balaban J connectivity index is 1.22. The van der Waals surface area contributed by atoms with Gasteiger partial charge in [-0.3, -0.25) is 19.8 Å². The number of rotatable bonds is 4. The van der Waals surface area contributed by atoms with E-state index in [-0.39, 0.29) is 11.8 Å². The second kappa shape index (κ2) is 7.78. The highest BCUT2D eigenvalue weighted by atomic mass is 16.2. The molecule has 0 radical (unpaired) electrons. The van der Waals surface area contributed by atoms with E-state index in [2.05, 4.69) is 25.5 Å². The van der Waals surface area contributed by atoms with Gasteiger partial charge in [0.25, 0.3) is 0 Å². The minimum Gasteiger partial charge on any atom is -0.327 e. The summed E-state index contributed by atoms with van der Waals surface area (Å²) in [4.78, 5) is 37.3. The molecule has 4 heterocycles. The number of hydrogen-bond donors (Lipinski definition) is 3. The number of likely N-dealkylation sites (tertiary alicyclic amines) is 1. The number of carbonyl (C=O) groups excluding carboxylic acids is 1. The summed E-state index contributed by atoms with van der Waals surface area (Å²) in [5.74, 6) is 1.55. The number of hydrogen-bond acceptors (Lipinski definition) is 7. The van der Waals surface area contributed by atoms with Crippen LogP contribution in [0.1, 0.15) is 5.69 Å². The van der Waals surface area contributed by atoms with E-state index >= 15 is 0 Å². The number of piperazine rings is 1. The number of urea groups is 1. The third kappa shape index (κ3) is 3.81. The molecule has 1 saturated carbocycles. The number of nitrogens with two attached hydrogens (primary N) is 1. The molecule has 2 amide bonds. The van der Waals surface area contributed by atoms with Crippen molar-refractivity contribution < 1.29 is 4.79 Å². The van der Waals surface area contributed by atoms with E-state index in [0.29, 0.717) is 36.7 Å². The molecule has 158 valence electrons. The standard InChI is InChI=1S/C20H26N8O2/c21-18-15-11-26(12-16(15)18)10-13-1-2-14(9-23-13)28-6-3-17(25-20(28)30)24-19(29)27-7-4-22-5-8-27/h1-3,6,9,15-16,18,22H,4-5,7-8,10-12,21H2,(H,24,25,29,30)/t15-,16+,18?. The van der Waals surface area contributed by atoms with Crippen molar-refractivity contribution in [3.63, 3.8) is 0 Å². The maximum atomic E-state index is 12.5. The number of fused-ring (bicyclic) bond motifs is 1. The van der Waals surface area contributed by atoms with Crippen molar-refractivity contribution in [1.29, 1.82) is 0 Å². The molecule has 3 fully saturated rings. The first-order valence-electron chi connectivity index (χ1n) is 10.4. The zero-order chi connectivity index (χ0) is 20.7. The molecule has 2 aliphatic heterocycles. The molecular weight excluding hydrogens is 384 g/mol. The molecule has 2 saturated heterocycles. The summed E-state index contributed by atoms with van der Waals surface area (Å²) in [6.07, 6.45) is 3.29. The molecule has 30 heavy (non-hydrogen) atoms. The van der Waals surface area contributed by atoms with E-state index in [0.717, 1.165) is 38.4 Å². The van der Waals surface area contributed by atoms with Crippen LogP contribution < -0.4 is 22.1 Å². The molecule has 5 rings (SSSR count). The average molecular weight is 410 g/mol. The lowest BCUT2D eigenvalue weighted by atomic mass is 10.3. The Morgan fingerprint density at radius 1 is 1.20 bits per heavy atom. The van der Waals surface area contributed by atoms with Gasteiger partial charge < -0.3 is 16.0 Å². The van der Waals surface area contributed by atoms with E-state index < -0.39 is 5.69 Å². The molecule has 3 aliphatic rings. The third-order valence-corrected chi connectivity index (χ3v) is 6.25. The Bertz CT molecular complexity index is 973. The van der Waals surface area contributed by atoms with Gasteiger partial charge in [-0.15, -0.1) is 0 Å². The Labute approximate surface area is 174 Å². The minimum atomic E-state index is -0.462. The van der Waals surface area contributed by atoms with Crippen LogP contribution in [0.25, 0.3) is 5.69 Å². The molecule has 1 aliphatic carbocycles. The van der Waals surface area contributed by atoms with Gasteiger partial charge in [-0.25, -0.2) is 9.59 Å². The summed E-state index contributed by atoms with van der Waals surface area (Å²) >= 11 is 0. The van der Waals surface area contributed by atoms with Crippen LogP contribution in [0.3, 0.4) is 0 Å². The van der Waals surface area contributed by atoms with Crippen LogP contribution in [0.4, 0.5) is 10.6 Å². The molecule has 0 spiro atoms. The normalized spacial score (nSPS) is 25.8. The maximum absolute atomic E-state index is 12.5. The topological polar surface area (TPSA) is 121 Å². The van der Waals surface area contributed by atoms with Gasteiger partial charge in [0.05, 0.1) is 17.6 Å². The summed E-state index contributed by atoms with van der Waals surface area (Å²) in [6.45, 7) is 5.67. The second-order valence-electron chi connectivity index (χ2n) is 8.24. The predicted molar refractivity (Wildman–Crippen MR) is 111 cm³/mol. The first kappa shape index (κ1) is 19.2. The first-order valence-corrected chi connectivity index (χ1v) is 10.4. The number of piperidine rings is 1. The number of amides is 2. The summed E-state index contributed by atoms with van der Waals surface area (Å²) in [7, 11) is 0. The molecule has 4 N–H and O–H groups in total. The molecule has 10 nitrogen and oxygen atoms in total. The Morgan fingerprint density at radius 3 is 2.63 bits per heavy atom. The van der Waals surface area contributed by atoms with Crippen molar-refractivity contribution in [2.24, 2.45) is 17.6 Å². The third-order valence-electron chi connectivity index (χ3n) is 6.25. The summed E-state index contributed by atoms with van der Waals surface area (Å²) in [5.41, 5.74) is 7.14. The van der Waals surface area contributed by atoms with Gasteiger partial charge in [0.1, 0.15) is 5.82 Å². The van der Waals surface area contributed by atoms with Gasteiger partial charge in [-0.1, -0.05) is 0 Å². The quantitative estimate of drug-likeness (QED) is 0.619. The number of nitrogens with one attached hydrogen (secondary N) is 2. The van der Waals surface area contributed by atoms with Gasteiger partial charge in [-0.2, -0.15) is 4.98 Å². The largest absolute Gasteiger partial charge is 0.354 e. The zero-order valence-corrected chi connectivity index (χ0v) is 16.7. The summed E-state index contributed by atoms with van der Waals surface area (Å²) in [5, 5.41) is 5.89. The van der Waals surface area contributed by atoms with Gasteiger partial charge >= 0.3 is 11.7 Å². The van der Waals surface area contributed by atoms with Crippen LogP contribution in [0.5, 0.6) is 0 Å². The van der Waals surface area contributed by atoms with Gasteiger partial charge in [0.15, 0.2) is 0 Å². The Hall–Kier alpha value is -2.82. The number of nitrogens with zero attached hydrogens (tertiary/aromatic N) is 5. The van der Waals surface area contributed by atoms with E-state index in [1.54, 1.807) is 23.4 Å². The lowest BCUT2D eigenvalue weighted by Crippen LogP contribution is -2.48. The molecule has 10 heteroatoms. The van der Waals surface area contributed by atoms with Crippen LogP contribution in [-0.2, 0) is 6.54 Å². The second-order valence-corrected chi connectivity index (χ2v) is 8.24. The number of anilines is 1. The SMILES string of the molecule is NC1[C@H]2CN(Cc3ccc(-n4ccc(NC(=O)N5CCNCC5)nc4=O)cn3)C[C@@H]12. The molecule has 0 bridgehead atoms. The van der Waals surface area contributed by atoms with Crippen molar-refractivity contribution in [3.05, 3.63) is 46.8 Å². The highest BCUT2D eigenvalue weighted by Gasteiger charge is 2.53. The van der Waals surface area contributed by atoms with Crippen molar-refractivity contribution in [2.45, 2.75) is 12.6 Å². The van der Waals surface area contributed by atoms with Crippen molar-refractivity contribution in [1.82, 2.24) is 29.7 Å². The molecule has 2 aromatic heterocycles. The molecule has 0 aromatic carbocycles. The monoisotopic (exact) mass is 410 g/mol. The van der Waals surface area contributed by atoms with Crippen LogP contribution in [0, 0.1) is 11.8 Å². The number of aromatic nitrogens is 3. The number of carbonyl (C=O) groups is 1. The summed E-state index contributed by atoms with van der Waals surface area (Å²) < 4.78 is 1.42. The first-order chi connectivity index (χ1) is 14.6. The predicted octanol–water partition coefficient (Wildman–Crippen LogP) is -0.546. The van der Waals surface area contributed by atoms with Gasteiger partial charge in [-0.05, 0) is 30.0 Å². The van der Waals surface area contributed by atoms with Crippen LogP contribution in [0.15, 0.2) is 35.4 Å². The zero-order valence-electron chi connectivity index (χ0n) is 16.7. The van der Waals surface area contributed by atoms with Gasteiger partial charge in [0, 0.05) is 58.1 Å². The summed E-state index contributed by atoms with van der Waals surface area (Å²) in [6, 6.07) is 5.57. The highest BCUT2D eigenvalue weighted by Crippen LogP contribution is 2.44. The van der Waals surface area contributed by atoms with Crippen LogP contribution >= 0.6 is 0 Å². The molecule has 2 aromatic rings. The van der Waals surface area contributed by atoms with E-state index in [4.69, 9.17) is 5.73 Å². The van der Waals surface area contributed by atoms with E-state index in [1.165, 1.54) is 4.57 Å². The van der Waals surface area contributed by atoms with Crippen molar-refractivity contribution in [3.8, 4) is 5.69 Å². The maximum Gasteiger partial charge on any atom is 0.354 e. The molecule has 1 unspecified atom stereocenters. The van der Waals surface area contributed by atoms with E-state index in [9.17, 15) is 9.59 Å². The van der Waals surface area contributed by atoms with Crippen molar-refractivity contribution in [2.75, 3.05) is 44.6 Å². The highest BCUT2D eigenvalue weighted by molar-refractivity contribution is 5.88.